The number of hydrogen-bond acceptors (Lipinski definition) is 5. The van der Waals surface area contributed by atoms with Crippen LogP contribution in [0.3, 0.4) is 0 Å². The lowest BCUT2D eigenvalue weighted by molar-refractivity contribution is -0.138. The number of methoxy groups -OCH3 is 1. The quantitative estimate of drug-likeness (QED) is 0.635. The highest BCUT2D eigenvalue weighted by atomic mass is 19.4. The molecule has 172 valence electrons. The van der Waals surface area contributed by atoms with Crippen molar-refractivity contribution in [2.45, 2.75) is 26.1 Å². The van der Waals surface area contributed by atoms with Crippen LogP contribution in [0.1, 0.15) is 44.9 Å². The highest BCUT2D eigenvalue weighted by Gasteiger charge is 2.37. The van der Waals surface area contributed by atoms with Gasteiger partial charge in [-0.3, -0.25) is 19.3 Å². The molecule has 1 atom stereocenters. The average molecular weight is 459 g/mol. The molecule has 3 heterocycles. The van der Waals surface area contributed by atoms with E-state index in [1.807, 2.05) is 0 Å². The largest absolute Gasteiger partial charge is 0.495 e. The Labute approximate surface area is 187 Å². The van der Waals surface area contributed by atoms with Crippen molar-refractivity contribution in [3.8, 4) is 5.75 Å². The fraction of sp³-hybridized carbons (Fsp3) is 0.273. The van der Waals surface area contributed by atoms with E-state index in [4.69, 9.17) is 4.74 Å². The first-order valence-corrected chi connectivity index (χ1v) is 9.97. The number of aryl methyl sites for hydroxylation is 1. The second kappa shape index (κ2) is 8.23. The number of amides is 2. The number of carbonyl (C=O) groups excluding carboxylic acids is 2. The Bertz CT molecular complexity index is 1240. The van der Waals surface area contributed by atoms with Crippen molar-refractivity contribution in [2.24, 2.45) is 0 Å². The summed E-state index contributed by atoms with van der Waals surface area (Å²) in [4.78, 5) is 31.6. The van der Waals surface area contributed by atoms with Gasteiger partial charge in [0.1, 0.15) is 11.4 Å². The molecule has 2 amide bonds. The van der Waals surface area contributed by atoms with Gasteiger partial charge < -0.3 is 15.0 Å². The first kappa shape index (κ1) is 22.3. The van der Waals surface area contributed by atoms with Crippen LogP contribution in [0, 0.1) is 6.92 Å². The molecule has 0 radical (unpaired) electrons. The van der Waals surface area contributed by atoms with E-state index in [0.29, 0.717) is 17.1 Å². The molecule has 4 rings (SSSR count). The molecule has 0 bridgehead atoms. The van der Waals surface area contributed by atoms with Crippen LogP contribution in [0.5, 0.6) is 5.75 Å². The predicted molar refractivity (Wildman–Crippen MR) is 114 cm³/mol. The van der Waals surface area contributed by atoms with Gasteiger partial charge in [0, 0.05) is 18.3 Å². The second-order valence-electron chi connectivity index (χ2n) is 7.68. The third kappa shape index (κ3) is 4.13. The number of nitrogens with one attached hydrogen (secondary N) is 1. The fourth-order valence-corrected chi connectivity index (χ4v) is 3.78. The Kier molecular flexibility index (Phi) is 5.56. The summed E-state index contributed by atoms with van der Waals surface area (Å²) in [6.07, 6.45) is -0.278. The van der Waals surface area contributed by atoms with Crippen molar-refractivity contribution >= 4 is 23.2 Å². The van der Waals surface area contributed by atoms with E-state index >= 15 is 0 Å². The van der Waals surface area contributed by atoms with Gasteiger partial charge in [-0.25, -0.2) is 0 Å². The summed E-state index contributed by atoms with van der Waals surface area (Å²) in [5.41, 5.74) is 0.0189. The second-order valence-corrected chi connectivity index (χ2v) is 7.68. The van der Waals surface area contributed by atoms with Crippen molar-refractivity contribution in [3.63, 3.8) is 0 Å². The number of anilines is 2. The number of alkyl halides is 3. The lowest BCUT2D eigenvalue weighted by Gasteiger charge is -2.32. The van der Waals surface area contributed by atoms with Gasteiger partial charge in [-0.2, -0.15) is 18.3 Å². The first-order valence-electron chi connectivity index (χ1n) is 9.97. The molecule has 2 aromatic heterocycles. The van der Waals surface area contributed by atoms with Crippen LogP contribution in [0.2, 0.25) is 0 Å². The molecule has 3 aromatic rings. The van der Waals surface area contributed by atoms with Crippen molar-refractivity contribution in [1.29, 1.82) is 0 Å². The summed E-state index contributed by atoms with van der Waals surface area (Å²) < 4.78 is 46.0. The zero-order valence-electron chi connectivity index (χ0n) is 18.0. The minimum absolute atomic E-state index is 0.00280. The average Bonchev–Trinajstić information content (AvgIpc) is 3.22. The molecule has 11 heteroatoms. The van der Waals surface area contributed by atoms with Crippen molar-refractivity contribution < 1.29 is 27.5 Å². The van der Waals surface area contributed by atoms with E-state index in [2.05, 4.69) is 15.4 Å². The fourth-order valence-electron chi connectivity index (χ4n) is 3.78. The maximum absolute atomic E-state index is 13.3. The van der Waals surface area contributed by atoms with Crippen LogP contribution < -0.4 is 15.0 Å². The van der Waals surface area contributed by atoms with Gasteiger partial charge in [0.15, 0.2) is 0 Å². The third-order valence-electron chi connectivity index (χ3n) is 5.39. The molecule has 0 fully saturated rings. The zero-order valence-corrected chi connectivity index (χ0v) is 18.0. The molecule has 1 aliphatic rings. The van der Waals surface area contributed by atoms with Crippen LogP contribution in [0.4, 0.5) is 24.5 Å². The predicted octanol–water partition coefficient (Wildman–Crippen LogP) is 4.09. The van der Waals surface area contributed by atoms with Gasteiger partial charge >= 0.3 is 6.18 Å². The lowest BCUT2D eigenvalue weighted by atomic mass is 10.0. The minimum Gasteiger partial charge on any atom is -0.495 e. The molecular formula is C22H20F3N5O3. The number of fused-ring (bicyclic) bond motifs is 1. The lowest BCUT2D eigenvalue weighted by Crippen LogP contribution is -2.43. The van der Waals surface area contributed by atoms with Gasteiger partial charge in [-0.1, -0.05) is 0 Å². The monoisotopic (exact) mass is 459 g/mol. The zero-order chi connectivity index (χ0) is 23.9. The summed E-state index contributed by atoms with van der Waals surface area (Å²) >= 11 is 0. The molecule has 8 nitrogen and oxygen atoms in total. The number of pyridine rings is 1. The molecule has 1 N–H and O–H groups in total. The summed E-state index contributed by atoms with van der Waals surface area (Å²) in [6, 6.07) is 4.80. The van der Waals surface area contributed by atoms with E-state index in [1.165, 1.54) is 54.3 Å². The number of ether oxygens (including phenoxy) is 1. The van der Waals surface area contributed by atoms with Crippen LogP contribution in [0.25, 0.3) is 0 Å². The normalized spacial score (nSPS) is 15.9. The summed E-state index contributed by atoms with van der Waals surface area (Å²) in [5, 5.41) is 6.86. The van der Waals surface area contributed by atoms with E-state index in [-0.39, 0.29) is 29.4 Å². The molecular weight excluding hydrogens is 439 g/mol. The molecule has 33 heavy (non-hydrogen) atoms. The van der Waals surface area contributed by atoms with E-state index in [1.54, 1.807) is 13.0 Å². The number of carbonyl (C=O) groups is 2. The Morgan fingerprint density at radius 1 is 1.21 bits per heavy atom. The molecule has 0 spiro atoms. The number of hydrogen-bond donors (Lipinski definition) is 1. The van der Waals surface area contributed by atoms with Gasteiger partial charge in [-0.15, -0.1) is 0 Å². The van der Waals surface area contributed by atoms with Crippen molar-refractivity contribution in [2.75, 3.05) is 23.9 Å². The standard InChI is InChI=1S/C22H20F3N5O3/c1-12-6-15(4-5-18(12)22(23,24)25)29-11-13(2)30-19(21(29)32)17(10-27-30)20(31)28-14-7-16(33-3)9-26-8-14/h4-10,13H,11H2,1-3H3,(H,28,31). The Hall–Kier alpha value is -3.89. The van der Waals surface area contributed by atoms with Crippen molar-refractivity contribution in [1.82, 2.24) is 14.8 Å². The van der Waals surface area contributed by atoms with Crippen molar-refractivity contribution in [3.05, 3.63) is 65.2 Å². The third-order valence-corrected chi connectivity index (χ3v) is 5.39. The molecule has 1 aliphatic heterocycles. The maximum atomic E-state index is 13.3. The molecule has 0 saturated heterocycles. The van der Waals surface area contributed by atoms with Crippen LogP contribution in [-0.2, 0) is 6.18 Å². The van der Waals surface area contributed by atoms with E-state index in [0.717, 1.165) is 6.07 Å². The topological polar surface area (TPSA) is 89.3 Å². The Morgan fingerprint density at radius 2 is 1.97 bits per heavy atom. The number of halogens is 3. The minimum atomic E-state index is -4.49. The summed E-state index contributed by atoms with van der Waals surface area (Å²) in [6.45, 7) is 3.34. The molecule has 1 aromatic carbocycles. The molecule has 0 aliphatic carbocycles. The highest BCUT2D eigenvalue weighted by Crippen LogP contribution is 2.35. The summed E-state index contributed by atoms with van der Waals surface area (Å²) in [5.74, 6) is -0.658. The number of benzene rings is 1. The Balaban J connectivity index is 1.66. The van der Waals surface area contributed by atoms with Gasteiger partial charge in [0.05, 0.1) is 48.6 Å². The van der Waals surface area contributed by atoms with Gasteiger partial charge in [0.25, 0.3) is 11.8 Å². The van der Waals surface area contributed by atoms with Gasteiger partial charge in [0.2, 0.25) is 0 Å². The van der Waals surface area contributed by atoms with E-state index in [9.17, 15) is 22.8 Å². The first-order chi connectivity index (χ1) is 15.6. The molecule has 0 saturated carbocycles. The number of aromatic nitrogens is 3. The highest BCUT2D eigenvalue weighted by molar-refractivity contribution is 6.15. The summed E-state index contributed by atoms with van der Waals surface area (Å²) in [7, 11) is 1.47. The van der Waals surface area contributed by atoms with Gasteiger partial charge in [-0.05, 0) is 37.6 Å². The van der Waals surface area contributed by atoms with E-state index < -0.39 is 23.6 Å². The molecule has 1 unspecified atom stereocenters. The van der Waals surface area contributed by atoms with Crippen LogP contribution in [-0.4, -0.2) is 40.2 Å². The smallest absolute Gasteiger partial charge is 0.416 e. The van der Waals surface area contributed by atoms with Crippen LogP contribution >= 0.6 is 0 Å². The SMILES string of the molecule is COc1cncc(NC(=O)c2cnn3c2C(=O)N(c2ccc(C(F)(F)F)c(C)c2)CC3C)c1. The number of nitrogens with zero attached hydrogens (tertiary/aromatic N) is 4. The number of rotatable bonds is 4. The Morgan fingerprint density at radius 3 is 2.64 bits per heavy atom. The maximum Gasteiger partial charge on any atom is 0.416 e. The van der Waals surface area contributed by atoms with Crippen LogP contribution in [0.15, 0.2) is 42.9 Å².